The van der Waals surface area contributed by atoms with E-state index in [1.54, 1.807) is 11.3 Å². The Kier molecular flexibility index (Phi) is 3.97. The van der Waals surface area contributed by atoms with E-state index in [1.165, 1.54) is 4.88 Å². The minimum atomic E-state index is -2.80. The Hall–Kier alpha value is -0.520. The maximum absolute atomic E-state index is 12.7. The highest BCUT2D eigenvalue weighted by molar-refractivity contribution is 7.11. The molecule has 0 saturated heterocycles. The van der Waals surface area contributed by atoms with Crippen molar-refractivity contribution in [2.45, 2.75) is 19.4 Å². The highest BCUT2D eigenvalue weighted by atomic mass is 32.1. The first kappa shape index (κ1) is 11.6. The van der Waals surface area contributed by atoms with E-state index in [1.807, 2.05) is 19.1 Å². The van der Waals surface area contributed by atoms with Crippen LogP contribution < -0.4 is 11.1 Å². The summed E-state index contributed by atoms with van der Waals surface area (Å²) in [4.78, 5) is 2.25. The van der Waals surface area contributed by atoms with E-state index in [-0.39, 0.29) is 6.54 Å². The molecule has 0 fully saturated rings. The van der Waals surface area contributed by atoms with Crippen LogP contribution in [0.25, 0.3) is 0 Å². The Labute approximate surface area is 86.1 Å². The average Bonchev–Trinajstić information content (AvgIpc) is 2.51. The van der Waals surface area contributed by atoms with Gasteiger partial charge in [0.2, 0.25) is 0 Å². The number of alkyl halides is 2. The summed E-state index contributed by atoms with van der Waals surface area (Å²) in [6.07, 6.45) is 0. The van der Waals surface area contributed by atoms with Crippen LogP contribution in [0.15, 0.2) is 12.1 Å². The van der Waals surface area contributed by atoms with E-state index in [4.69, 9.17) is 5.73 Å². The summed E-state index contributed by atoms with van der Waals surface area (Å²) in [6.45, 7) is 1.50. The molecule has 0 aromatic carbocycles. The second-order valence-electron chi connectivity index (χ2n) is 3.18. The van der Waals surface area contributed by atoms with Crippen molar-refractivity contribution in [3.8, 4) is 0 Å². The normalized spacial score (nSPS) is 12.0. The van der Waals surface area contributed by atoms with Crippen molar-refractivity contribution in [3.05, 3.63) is 21.9 Å². The third kappa shape index (κ3) is 3.69. The van der Waals surface area contributed by atoms with Gasteiger partial charge in [0, 0.05) is 16.3 Å². The van der Waals surface area contributed by atoms with Crippen molar-refractivity contribution in [2.75, 3.05) is 13.1 Å². The lowest BCUT2D eigenvalue weighted by Crippen LogP contribution is -2.38. The zero-order valence-electron chi connectivity index (χ0n) is 8.02. The van der Waals surface area contributed by atoms with Gasteiger partial charge in [0.05, 0.1) is 13.1 Å². The molecule has 1 aromatic heterocycles. The Morgan fingerprint density at radius 1 is 1.50 bits per heavy atom. The fourth-order valence-electron chi connectivity index (χ4n) is 1.02. The first-order valence-corrected chi connectivity index (χ1v) is 5.19. The quantitative estimate of drug-likeness (QED) is 0.793. The van der Waals surface area contributed by atoms with Gasteiger partial charge in [-0.25, -0.2) is 8.78 Å². The summed E-state index contributed by atoms with van der Waals surface area (Å²) >= 11 is 1.61. The third-order valence-electron chi connectivity index (χ3n) is 1.78. The Morgan fingerprint density at radius 2 is 2.21 bits per heavy atom. The van der Waals surface area contributed by atoms with E-state index in [9.17, 15) is 8.78 Å². The van der Waals surface area contributed by atoms with E-state index in [2.05, 4.69) is 5.32 Å². The second kappa shape index (κ2) is 4.82. The van der Waals surface area contributed by atoms with Gasteiger partial charge in [-0.1, -0.05) is 0 Å². The van der Waals surface area contributed by atoms with Gasteiger partial charge in [0.1, 0.15) is 0 Å². The fourth-order valence-corrected chi connectivity index (χ4v) is 1.88. The number of rotatable bonds is 5. The minimum Gasteiger partial charge on any atom is -0.325 e. The van der Waals surface area contributed by atoms with Gasteiger partial charge in [-0.2, -0.15) is 0 Å². The lowest BCUT2D eigenvalue weighted by Gasteiger charge is -2.13. The van der Waals surface area contributed by atoms with Crippen molar-refractivity contribution >= 4 is 11.3 Å². The van der Waals surface area contributed by atoms with Gasteiger partial charge in [0.15, 0.2) is 0 Å². The molecule has 80 valence electrons. The molecule has 14 heavy (non-hydrogen) atoms. The smallest absolute Gasteiger partial charge is 0.272 e. The summed E-state index contributed by atoms with van der Waals surface area (Å²) in [6, 6.07) is 3.91. The van der Waals surface area contributed by atoms with Crippen LogP contribution in [-0.2, 0) is 6.54 Å². The largest absolute Gasteiger partial charge is 0.325 e. The molecule has 0 aliphatic carbocycles. The van der Waals surface area contributed by atoms with Crippen LogP contribution in [-0.4, -0.2) is 19.0 Å². The summed E-state index contributed by atoms with van der Waals surface area (Å²) in [5, 5.41) is 2.69. The van der Waals surface area contributed by atoms with Crippen LogP contribution in [0, 0.1) is 6.92 Å². The molecule has 1 heterocycles. The molecule has 1 rings (SSSR count). The van der Waals surface area contributed by atoms with Gasteiger partial charge >= 0.3 is 0 Å². The highest BCUT2D eigenvalue weighted by Gasteiger charge is 2.25. The van der Waals surface area contributed by atoms with Crippen LogP contribution in [0.4, 0.5) is 8.78 Å². The van der Waals surface area contributed by atoms with Gasteiger partial charge < -0.3 is 11.1 Å². The molecule has 0 spiro atoms. The summed E-state index contributed by atoms with van der Waals surface area (Å²) in [5.41, 5.74) is 4.90. The topological polar surface area (TPSA) is 38.0 Å². The average molecular weight is 220 g/mol. The molecule has 0 saturated carbocycles. The molecular formula is C9H14F2N2S. The fraction of sp³-hybridized carbons (Fsp3) is 0.556. The summed E-state index contributed by atoms with van der Waals surface area (Å²) < 4.78 is 25.4. The summed E-state index contributed by atoms with van der Waals surface area (Å²) in [5.74, 6) is -2.80. The number of hydrogen-bond donors (Lipinski definition) is 2. The molecule has 0 atom stereocenters. The van der Waals surface area contributed by atoms with Crippen molar-refractivity contribution in [1.29, 1.82) is 0 Å². The lowest BCUT2D eigenvalue weighted by atomic mass is 10.3. The van der Waals surface area contributed by atoms with Crippen LogP contribution in [0.5, 0.6) is 0 Å². The molecular weight excluding hydrogens is 206 g/mol. The van der Waals surface area contributed by atoms with Gasteiger partial charge in [0.25, 0.3) is 5.92 Å². The summed E-state index contributed by atoms with van der Waals surface area (Å²) in [7, 11) is 0. The first-order valence-electron chi connectivity index (χ1n) is 4.37. The van der Waals surface area contributed by atoms with Gasteiger partial charge in [-0.3, -0.25) is 0 Å². The maximum atomic E-state index is 12.7. The van der Waals surface area contributed by atoms with Crippen molar-refractivity contribution in [2.24, 2.45) is 5.73 Å². The monoisotopic (exact) mass is 220 g/mol. The van der Waals surface area contributed by atoms with Crippen LogP contribution in [0.3, 0.4) is 0 Å². The second-order valence-corrected chi connectivity index (χ2v) is 4.55. The van der Waals surface area contributed by atoms with E-state index in [0.717, 1.165) is 4.88 Å². The molecule has 0 amide bonds. The van der Waals surface area contributed by atoms with Crippen LogP contribution in [0.2, 0.25) is 0 Å². The van der Waals surface area contributed by atoms with Crippen molar-refractivity contribution < 1.29 is 8.78 Å². The number of thiophene rings is 1. The van der Waals surface area contributed by atoms with E-state index >= 15 is 0 Å². The van der Waals surface area contributed by atoms with Crippen molar-refractivity contribution in [1.82, 2.24) is 5.32 Å². The number of hydrogen-bond acceptors (Lipinski definition) is 3. The predicted molar refractivity (Wildman–Crippen MR) is 54.8 cm³/mol. The number of halogens is 2. The van der Waals surface area contributed by atoms with E-state index in [0.29, 0.717) is 6.54 Å². The Morgan fingerprint density at radius 3 is 2.71 bits per heavy atom. The molecule has 0 radical (unpaired) electrons. The van der Waals surface area contributed by atoms with Gasteiger partial charge in [-0.15, -0.1) is 11.3 Å². The molecule has 2 nitrogen and oxygen atoms in total. The van der Waals surface area contributed by atoms with Crippen LogP contribution in [0.1, 0.15) is 9.75 Å². The zero-order chi connectivity index (χ0) is 10.6. The number of aryl methyl sites for hydroxylation is 1. The van der Waals surface area contributed by atoms with Gasteiger partial charge in [-0.05, 0) is 19.1 Å². The highest BCUT2D eigenvalue weighted by Crippen LogP contribution is 2.15. The van der Waals surface area contributed by atoms with E-state index < -0.39 is 12.5 Å². The molecule has 5 heteroatoms. The molecule has 0 unspecified atom stereocenters. The Balaban J connectivity index is 2.28. The lowest BCUT2D eigenvalue weighted by molar-refractivity contribution is 0.0116. The standard InChI is InChI=1S/C9H14F2N2S/c1-7-2-3-8(14-7)4-13-6-9(10,11)5-12/h2-3,13H,4-6,12H2,1H3. The SMILES string of the molecule is Cc1ccc(CNCC(F)(F)CN)s1. The number of nitrogens with two attached hydrogens (primary N) is 1. The third-order valence-corrected chi connectivity index (χ3v) is 2.78. The number of nitrogens with one attached hydrogen (secondary N) is 1. The predicted octanol–water partition coefficient (Wildman–Crippen LogP) is 1.74. The molecule has 0 aliphatic rings. The minimum absolute atomic E-state index is 0.361. The van der Waals surface area contributed by atoms with Crippen molar-refractivity contribution in [3.63, 3.8) is 0 Å². The zero-order valence-corrected chi connectivity index (χ0v) is 8.83. The van der Waals surface area contributed by atoms with Crippen LogP contribution >= 0.6 is 11.3 Å². The molecule has 3 N–H and O–H groups in total. The Bertz CT molecular complexity index is 286. The molecule has 0 aliphatic heterocycles. The molecule has 0 bridgehead atoms. The maximum Gasteiger partial charge on any atom is 0.272 e. The molecule has 1 aromatic rings. The first-order chi connectivity index (χ1) is 6.53.